The standard InChI is InChI=1S/C28H32F3NO3/c1-26(2,3)35-25(33)11-14-32-15-12-27(13-16-32)19-34-24-18-20(9-10-22(24)27)17-23(28(29,30)31)21-7-5-4-6-8-21/h4-10,17-18H,11-16,19H2,1-3H3. The second-order valence-electron chi connectivity index (χ2n) is 10.4. The number of likely N-dealkylation sites (tertiary alicyclic amines) is 1. The largest absolute Gasteiger partial charge is 0.492 e. The summed E-state index contributed by atoms with van der Waals surface area (Å²) in [4.78, 5) is 14.3. The molecule has 2 heterocycles. The highest BCUT2D eigenvalue weighted by Gasteiger charge is 2.43. The lowest BCUT2D eigenvalue weighted by Gasteiger charge is -2.38. The number of rotatable bonds is 5. The molecule has 0 atom stereocenters. The Kier molecular flexibility index (Phi) is 7.00. The van der Waals surface area contributed by atoms with Crippen molar-refractivity contribution in [1.82, 2.24) is 4.90 Å². The molecule has 0 saturated carbocycles. The minimum Gasteiger partial charge on any atom is -0.492 e. The molecule has 1 saturated heterocycles. The molecule has 0 N–H and O–H groups in total. The number of hydrogen-bond donors (Lipinski definition) is 0. The van der Waals surface area contributed by atoms with E-state index in [4.69, 9.17) is 9.47 Å². The first-order valence-electron chi connectivity index (χ1n) is 12.0. The van der Waals surface area contributed by atoms with E-state index in [1.165, 1.54) is 18.2 Å². The molecule has 4 nitrogen and oxygen atoms in total. The summed E-state index contributed by atoms with van der Waals surface area (Å²) in [5.74, 6) is 0.470. The summed E-state index contributed by atoms with van der Waals surface area (Å²) in [6, 6.07) is 13.2. The van der Waals surface area contributed by atoms with E-state index in [0.29, 0.717) is 30.9 Å². The fraction of sp³-hybridized carbons (Fsp3) is 0.464. The number of ether oxygens (including phenoxy) is 2. The third-order valence-corrected chi connectivity index (χ3v) is 6.65. The van der Waals surface area contributed by atoms with E-state index in [2.05, 4.69) is 4.90 Å². The molecule has 35 heavy (non-hydrogen) atoms. The molecule has 4 rings (SSSR count). The summed E-state index contributed by atoms with van der Waals surface area (Å²) in [5.41, 5.74) is 0.373. The Labute approximate surface area is 204 Å². The highest BCUT2D eigenvalue weighted by atomic mass is 19.4. The van der Waals surface area contributed by atoms with Gasteiger partial charge in [-0.25, -0.2) is 0 Å². The van der Waals surface area contributed by atoms with E-state index < -0.39 is 17.4 Å². The molecule has 2 aromatic carbocycles. The highest BCUT2D eigenvalue weighted by molar-refractivity contribution is 5.84. The van der Waals surface area contributed by atoms with Crippen LogP contribution in [0, 0.1) is 0 Å². The zero-order chi connectivity index (χ0) is 25.3. The molecule has 0 bridgehead atoms. The molecule has 0 radical (unpaired) electrons. The van der Waals surface area contributed by atoms with Crippen LogP contribution in [-0.4, -0.2) is 48.9 Å². The lowest BCUT2D eigenvalue weighted by atomic mass is 9.74. The lowest BCUT2D eigenvalue weighted by Crippen LogP contribution is -2.44. The van der Waals surface area contributed by atoms with E-state index in [-0.39, 0.29) is 16.9 Å². The maximum atomic E-state index is 13.7. The van der Waals surface area contributed by atoms with Crippen LogP contribution in [0.3, 0.4) is 0 Å². The van der Waals surface area contributed by atoms with Crippen molar-refractivity contribution in [2.75, 3.05) is 26.2 Å². The first kappa shape index (κ1) is 25.3. The highest BCUT2D eigenvalue weighted by Crippen LogP contribution is 2.46. The number of allylic oxidation sites excluding steroid dienone is 1. The van der Waals surface area contributed by atoms with Crippen LogP contribution in [0.1, 0.15) is 56.7 Å². The van der Waals surface area contributed by atoms with Crippen LogP contribution >= 0.6 is 0 Å². The zero-order valence-electron chi connectivity index (χ0n) is 20.5. The van der Waals surface area contributed by atoms with Crippen LogP contribution in [0.15, 0.2) is 48.5 Å². The zero-order valence-corrected chi connectivity index (χ0v) is 20.5. The van der Waals surface area contributed by atoms with Crippen LogP contribution < -0.4 is 4.74 Å². The van der Waals surface area contributed by atoms with Crippen molar-refractivity contribution in [3.63, 3.8) is 0 Å². The average Bonchev–Trinajstić information content (AvgIpc) is 3.13. The van der Waals surface area contributed by atoms with Gasteiger partial charge in [0.25, 0.3) is 0 Å². The topological polar surface area (TPSA) is 38.8 Å². The van der Waals surface area contributed by atoms with E-state index in [1.54, 1.807) is 30.3 Å². The second-order valence-corrected chi connectivity index (χ2v) is 10.4. The van der Waals surface area contributed by atoms with Gasteiger partial charge in [-0.15, -0.1) is 0 Å². The first-order valence-corrected chi connectivity index (χ1v) is 12.0. The predicted octanol–water partition coefficient (Wildman–Crippen LogP) is 6.25. The number of halogens is 3. The molecule has 2 aromatic rings. The van der Waals surface area contributed by atoms with Crippen LogP contribution in [0.4, 0.5) is 13.2 Å². The Morgan fingerprint density at radius 3 is 2.40 bits per heavy atom. The molecule has 0 unspecified atom stereocenters. The molecule has 1 fully saturated rings. The minimum atomic E-state index is -4.46. The van der Waals surface area contributed by atoms with Crippen molar-refractivity contribution >= 4 is 17.6 Å². The molecule has 0 aliphatic carbocycles. The Morgan fingerprint density at radius 2 is 1.77 bits per heavy atom. The van der Waals surface area contributed by atoms with Crippen molar-refractivity contribution in [3.8, 4) is 5.75 Å². The number of nitrogens with zero attached hydrogens (tertiary/aromatic N) is 1. The maximum Gasteiger partial charge on any atom is 0.417 e. The predicted molar refractivity (Wildman–Crippen MR) is 130 cm³/mol. The molecule has 2 aliphatic rings. The number of alkyl halides is 3. The van der Waals surface area contributed by atoms with Gasteiger partial charge in [0.2, 0.25) is 0 Å². The Morgan fingerprint density at radius 1 is 1.09 bits per heavy atom. The van der Waals surface area contributed by atoms with Gasteiger partial charge in [-0.2, -0.15) is 13.2 Å². The SMILES string of the molecule is CC(C)(C)OC(=O)CCN1CCC2(CC1)COc1cc(C=C(c3ccccc3)C(F)(F)F)ccc12. The van der Waals surface area contributed by atoms with Gasteiger partial charge < -0.3 is 14.4 Å². The van der Waals surface area contributed by atoms with E-state index >= 15 is 0 Å². The second kappa shape index (κ2) is 9.69. The number of hydrogen-bond acceptors (Lipinski definition) is 4. The fourth-order valence-electron chi connectivity index (χ4n) is 4.85. The van der Waals surface area contributed by atoms with Crippen molar-refractivity contribution in [2.45, 2.75) is 57.2 Å². The molecule has 1 spiro atoms. The van der Waals surface area contributed by atoms with E-state index in [0.717, 1.165) is 31.5 Å². The van der Waals surface area contributed by atoms with E-state index in [9.17, 15) is 18.0 Å². The molecular formula is C28H32F3NO3. The maximum absolute atomic E-state index is 13.7. The molecule has 2 aliphatic heterocycles. The van der Waals surface area contributed by atoms with Crippen molar-refractivity contribution in [3.05, 3.63) is 65.2 Å². The van der Waals surface area contributed by atoms with Crippen molar-refractivity contribution in [2.24, 2.45) is 0 Å². The normalized spacial score (nSPS) is 18.3. The summed E-state index contributed by atoms with van der Waals surface area (Å²) < 4.78 is 52.6. The van der Waals surface area contributed by atoms with Crippen LogP contribution in [0.2, 0.25) is 0 Å². The smallest absolute Gasteiger partial charge is 0.417 e. The van der Waals surface area contributed by atoms with Crippen molar-refractivity contribution in [1.29, 1.82) is 0 Å². The van der Waals surface area contributed by atoms with Crippen LogP contribution in [0.5, 0.6) is 5.75 Å². The van der Waals surface area contributed by atoms with Gasteiger partial charge >= 0.3 is 12.1 Å². The number of benzene rings is 2. The number of esters is 1. The van der Waals surface area contributed by atoms with Gasteiger partial charge in [0.05, 0.1) is 18.6 Å². The molecule has 7 heteroatoms. The Bertz CT molecular complexity index is 1080. The van der Waals surface area contributed by atoms with Gasteiger partial charge in [-0.3, -0.25) is 4.79 Å². The monoisotopic (exact) mass is 487 g/mol. The molecular weight excluding hydrogens is 455 g/mol. The number of fused-ring (bicyclic) bond motifs is 2. The van der Waals surface area contributed by atoms with Gasteiger partial charge in [0.1, 0.15) is 11.4 Å². The Balaban J connectivity index is 1.44. The average molecular weight is 488 g/mol. The molecule has 0 aromatic heterocycles. The quantitative estimate of drug-likeness (QED) is 0.369. The minimum absolute atomic E-state index is 0.133. The summed E-state index contributed by atoms with van der Waals surface area (Å²) in [6.07, 6.45) is -1.17. The number of carbonyl (C=O) groups is 1. The van der Waals surface area contributed by atoms with Gasteiger partial charge in [0, 0.05) is 17.5 Å². The lowest BCUT2D eigenvalue weighted by molar-refractivity contribution is -0.155. The molecule has 0 amide bonds. The Hall–Kier alpha value is -2.80. The summed E-state index contributed by atoms with van der Waals surface area (Å²) in [6.45, 7) is 8.43. The van der Waals surface area contributed by atoms with Gasteiger partial charge in [-0.05, 0) is 70.0 Å². The van der Waals surface area contributed by atoms with Crippen molar-refractivity contribution < 1.29 is 27.4 Å². The summed E-state index contributed by atoms with van der Waals surface area (Å²) in [5, 5.41) is 0. The first-order chi connectivity index (χ1) is 16.5. The van der Waals surface area contributed by atoms with Gasteiger partial charge in [0.15, 0.2) is 0 Å². The summed E-state index contributed by atoms with van der Waals surface area (Å²) >= 11 is 0. The third kappa shape index (κ3) is 6.07. The summed E-state index contributed by atoms with van der Waals surface area (Å²) in [7, 11) is 0. The molecule has 188 valence electrons. The van der Waals surface area contributed by atoms with E-state index in [1.807, 2.05) is 26.8 Å². The van der Waals surface area contributed by atoms with Crippen LogP contribution in [0.25, 0.3) is 11.6 Å². The fourth-order valence-corrected chi connectivity index (χ4v) is 4.85. The number of piperidine rings is 1. The number of carbonyl (C=O) groups excluding carboxylic acids is 1. The van der Waals surface area contributed by atoms with Gasteiger partial charge in [-0.1, -0.05) is 42.5 Å². The van der Waals surface area contributed by atoms with Crippen LogP contribution in [-0.2, 0) is 14.9 Å². The third-order valence-electron chi connectivity index (χ3n) is 6.65.